The highest BCUT2D eigenvalue weighted by atomic mass is 16.3. The number of aliphatic hydroxyl groups is 1. The van der Waals surface area contributed by atoms with Gasteiger partial charge in [-0.3, -0.25) is 0 Å². The Labute approximate surface area is 104 Å². The van der Waals surface area contributed by atoms with E-state index in [4.69, 9.17) is 0 Å². The van der Waals surface area contributed by atoms with Crippen molar-refractivity contribution in [1.29, 1.82) is 0 Å². The van der Waals surface area contributed by atoms with Gasteiger partial charge >= 0.3 is 0 Å². The lowest BCUT2D eigenvalue weighted by Gasteiger charge is -2.27. The van der Waals surface area contributed by atoms with Gasteiger partial charge in [0, 0.05) is 18.3 Å². The molecule has 2 nitrogen and oxygen atoms in total. The van der Waals surface area contributed by atoms with Crippen LogP contribution in [0.5, 0.6) is 0 Å². The highest BCUT2D eigenvalue weighted by molar-refractivity contribution is 5.50. The molecule has 1 fully saturated rings. The molecule has 0 bridgehead atoms. The number of nitrogens with zero attached hydrogens (tertiary/aromatic N) is 1. The molecule has 0 radical (unpaired) electrons. The lowest BCUT2D eigenvalue weighted by molar-refractivity contribution is 0.199. The molecule has 2 heteroatoms. The summed E-state index contributed by atoms with van der Waals surface area (Å²) >= 11 is 0. The van der Waals surface area contributed by atoms with Crippen LogP contribution in [-0.4, -0.2) is 17.7 Å². The van der Waals surface area contributed by atoms with Crippen molar-refractivity contribution in [2.45, 2.75) is 45.8 Å². The first-order valence-electron chi connectivity index (χ1n) is 6.62. The van der Waals surface area contributed by atoms with Crippen LogP contribution in [0.3, 0.4) is 0 Å². The van der Waals surface area contributed by atoms with Gasteiger partial charge in [0.1, 0.15) is 0 Å². The maximum absolute atomic E-state index is 9.51. The molecule has 0 spiro atoms. The van der Waals surface area contributed by atoms with Crippen LogP contribution in [0, 0.1) is 5.92 Å². The highest BCUT2D eigenvalue weighted by Crippen LogP contribution is 2.32. The lowest BCUT2D eigenvalue weighted by atomic mass is 10.1. The number of benzene rings is 1. The zero-order chi connectivity index (χ0) is 12.4. The Kier molecular flexibility index (Phi) is 3.72. The average Bonchev–Trinajstić information content (AvgIpc) is 3.09. The molecule has 0 aromatic heterocycles. The molecule has 0 saturated heterocycles. The summed E-state index contributed by atoms with van der Waals surface area (Å²) in [6.45, 7) is 7.46. The molecule has 0 unspecified atom stereocenters. The minimum Gasteiger partial charge on any atom is -0.389 e. The van der Waals surface area contributed by atoms with E-state index in [2.05, 4.69) is 30.9 Å². The van der Waals surface area contributed by atoms with Gasteiger partial charge in [-0.2, -0.15) is 0 Å². The van der Waals surface area contributed by atoms with Crippen molar-refractivity contribution < 1.29 is 5.11 Å². The fourth-order valence-corrected chi connectivity index (χ4v) is 2.19. The van der Waals surface area contributed by atoms with Crippen LogP contribution in [0.2, 0.25) is 0 Å². The van der Waals surface area contributed by atoms with Gasteiger partial charge < -0.3 is 10.0 Å². The zero-order valence-corrected chi connectivity index (χ0v) is 11.1. The highest BCUT2D eigenvalue weighted by Gasteiger charge is 2.29. The first-order valence-corrected chi connectivity index (χ1v) is 6.62. The van der Waals surface area contributed by atoms with Crippen LogP contribution in [0.4, 0.5) is 5.69 Å². The summed E-state index contributed by atoms with van der Waals surface area (Å²) in [5, 5.41) is 9.51. The van der Waals surface area contributed by atoms with Crippen molar-refractivity contribution in [2.75, 3.05) is 11.4 Å². The molecule has 1 aliphatic rings. The standard InChI is InChI=1S/C15H23NO/c1-11(2)10-16(15-8-9-15)14-6-4-13(5-7-14)12(3)17/h4-7,11-12,15,17H,8-10H2,1-3H3/t12-/m1/s1. The SMILES string of the molecule is CC(C)CN(c1ccc([C@@H](C)O)cc1)C1CC1. The van der Waals surface area contributed by atoms with E-state index in [1.54, 1.807) is 0 Å². The molecular formula is C15H23NO. The normalized spacial score (nSPS) is 17.2. The molecular weight excluding hydrogens is 210 g/mol. The number of hydrogen-bond acceptors (Lipinski definition) is 2. The Morgan fingerprint density at radius 1 is 1.18 bits per heavy atom. The quantitative estimate of drug-likeness (QED) is 0.843. The van der Waals surface area contributed by atoms with E-state index < -0.39 is 0 Å². The van der Waals surface area contributed by atoms with Gasteiger partial charge in [-0.05, 0) is 43.4 Å². The largest absolute Gasteiger partial charge is 0.389 e. The molecule has 1 aromatic rings. The fraction of sp³-hybridized carbons (Fsp3) is 0.600. The predicted octanol–water partition coefficient (Wildman–Crippen LogP) is 3.36. The van der Waals surface area contributed by atoms with Crippen molar-refractivity contribution >= 4 is 5.69 Å². The van der Waals surface area contributed by atoms with Crippen LogP contribution in [-0.2, 0) is 0 Å². The smallest absolute Gasteiger partial charge is 0.0761 e. The molecule has 1 aliphatic carbocycles. The van der Waals surface area contributed by atoms with Crippen molar-refractivity contribution in [1.82, 2.24) is 0 Å². The third kappa shape index (κ3) is 3.22. The van der Waals surface area contributed by atoms with Crippen LogP contribution < -0.4 is 4.90 Å². The Morgan fingerprint density at radius 2 is 1.76 bits per heavy atom. The number of anilines is 1. The molecule has 1 saturated carbocycles. The Bertz CT molecular complexity index is 352. The predicted molar refractivity (Wildman–Crippen MR) is 72.3 cm³/mol. The molecule has 0 amide bonds. The van der Waals surface area contributed by atoms with E-state index in [1.165, 1.54) is 18.5 Å². The summed E-state index contributed by atoms with van der Waals surface area (Å²) in [5.41, 5.74) is 2.29. The summed E-state index contributed by atoms with van der Waals surface area (Å²) in [6.07, 6.45) is 2.28. The van der Waals surface area contributed by atoms with Gasteiger partial charge in [-0.25, -0.2) is 0 Å². The lowest BCUT2D eigenvalue weighted by Crippen LogP contribution is -2.29. The third-order valence-corrected chi connectivity index (χ3v) is 3.26. The van der Waals surface area contributed by atoms with Crippen molar-refractivity contribution in [3.8, 4) is 0 Å². The van der Waals surface area contributed by atoms with E-state index in [0.717, 1.165) is 18.2 Å². The minimum absolute atomic E-state index is 0.372. The van der Waals surface area contributed by atoms with E-state index in [0.29, 0.717) is 5.92 Å². The maximum atomic E-state index is 9.51. The molecule has 1 N–H and O–H groups in total. The van der Waals surface area contributed by atoms with Gasteiger partial charge in [-0.15, -0.1) is 0 Å². The number of hydrogen-bond donors (Lipinski definition) is 1. The second kappa shape index (κ2) is 5.09. The number of aliphatic hydroxyl groups excluding tert-OH is 1. The monoisotopic (exact) mass is 233 g/mol. The van der Waals surface area contributed by atoms with Crippen LogP contribution in [0.15, 0.2) is 24.3 Å². The van der Waals surface area contributed by atoms with Crippen LogP contribution in [0.25, 0.3) is 0 Å². The second-order valence-corrected chi connectivity index (χ2v) is 5.54. The van der Waals surface area contributed by atoms with Gasteiger partial charge in [0.15, 0.2) is 0 Å². The van der Waals surface area contributed by atoms with Gasteiger partial charge in [0.05, 0.1) is 6.10 Å². The molecule has 1 aromatic carbocycles. The molecule has 1 atom stereocenters. The van der Waals surface area contributed by atoms with E-state index in [-0.39, 0.29) is 6.10 Å². The van der Waals surface area contributed by atoms with Crippen molar-refractivity contribution in [3.63, 3.8) is 0 Å². The molecule has 17 heavy (non-hydrogen) atoms. The summed E-state index contributed by atoms with van der Waals surface area (Å²) in [6, 6.07) is 9.10. The minimum atomic E-state index is -0.372. The van der Waals surface area contributed by atoms with Crippen molar-refractivity contribution in [2.24, 2.45) is 5.92 Å². The third-order valence-electron chi connectivity index (χ3n) is 3.26. The Hall–Kier alpha value is -1.02. The van der Waals surface area contributed by atoms with E-state index in [9.17, 15) is 5.11 Å². The van der Waals surface area contributed by atoms with Gasteiger partial charge in [0.25, 0.3) is 0 Å². The first kappa shape index (κ1) is 12.4. The van der Waals surface area contributed by atoms with Gasteiger partial charge in [-0.1, -0.05) is 26.0 Å². The fourth-order valence-electron chi connectivity index (χ4n) is 2.19. The molecule has 2 rings (SSSR count). The van der Waals surface area contributed by atoms with Gasteiger partial charge in [0.2, 0.25) is 0 Å². The second-order valence-electron chi connectivity index (χ2n) is 5.54. The number of rotatable bonds is 5. The Morgan fingerprint density at radius 3 is 2.18 bits per heavy atom. The zero-order valence-electron chi connectivity index (χ0n) is 11.1. The molecule has 0 aliphatic heterocycles. The molecule has 0 heterocycles. The first-order chi connectivity index (χ1) is 8.08. The van der Waals surface area contributed by atoms with Crippen LogP contribution >= 0.6 is 0 Å². The summed E-state index contributed by atoms with van der Waals surface area (Å²) in [7, 11) is 0. The van der Waals surface area contributed by atoms with Crippen molar-refractivity contribution in [3.05, 3.63) is 29.8 Å². The summed E-state index contributed by atoms with van der Waals surface area (Å²) in [5.74, 6) is 0.687. The summed E-state index contributed by atoms with van der Waals surface area (Å²) in [4.78, 5) is 2.51. The maximum Gasteiger partial charge on any atom is 0.0761 e. The summed E-state index contributed by atoms with van der Waals surface area (Å²) < 4.78 is 0. The average molecular weight is 233 g/mol. The molecule has 94 valence electrons. The van der Waals surface area contributed by atoms with E-state index >= 15 is 0 Å². The Balaban J connectivity index is 2.12. The van der Waals surface area contributed by atoms with Crippen LogP contribution in [0.1, 0.15) is 45.3 Å². The topological polar surface area (TPSA) is 23.5 Å². The van der Waals surface area contributed by atoms with E-state index in [1.807, 2.05) is 19.1 Å².